The van der Waals surface area contributed by atoms with Crippen molar-refractivity contribution in [1.29, 1.82) is 0 Å². The zero-order valence-corrected chi connectivity index (χ0v) is 10.4. The third-order valence-electron chi connectivity index (χ3n) is 3.13. The number of rotatable bonds is 3. The first-order valence-corrected chi connectivity index (χ1v) is 6.18. The number of aryl methyl sites for hydroxylation is 1. The van der Waals surface area contributed by atoms with Crippen molar-refractivity contribution in [3.05, 3.63) is 36.2 Å². The van der Waals surface area contributed by atoms with Crippen LogP contribution in [0.2, 0.25) is 0 Å². The monoisotopic (exact) mass is 240 g/mol. The fraction of sp³-hybridized carbons (Fsp3) is 0.286. The number of nitrogens with two attached hydrogens (primary N) is 1. The van der Waals surface area contributed by atoms with Gasteiger partial charge in [-0.25, -0.2) is 9.97 Å². The molecule has 0 saturated heterocycles. The quantitative estimate of drug-likeness (QED) is 0.865. The van der Waals surface area contributed by atoms with Crippen LogP contribution in [0.25, 0.3) is 11.3 Å². The predicted molar refractivity (Wildman–Crippen MR) is 73.3 cm³/mol. The smallest absolute Gasteiger partial charge is 0.153 e. The summed E-state index contributed by atoms with van der Waals surface area (Å²) in [5, 5.41) is 3.33. The number of nitrogens with zero attached hydrogens (tertiary/aromatic N) is 2. The number of anilines is 2. The molecular weight excluding hydrogens is 224 g/mol. The minimum atomic E-state index is 0.535. The van der Waals surface area contributed by atoms with E-state index in [1.165, 1.54) is 18.4 Å². The number of nitrogen functional groups attached to an aromatic ring is 1. The Morgan fingerprint density at radius 1 is 1.17 bits per heavy atom. The van der Waals surface area contributed by atoms with Crippen LogP contribution in [0.1, 0.15) is 18.4 Å². The van der Waals surface area contributed by atoms with Crippen molar-refractivity contribution in [2.75, 3.05) is 11.1 Å². The molecule has 1 saturated carbocycles. The third-order valence-corrected chi connectivity index (χ3v) is 3.13. The average molecular weight is 240 g/mol. The van der Waals surface area contributed by atoms with Crippen LogP contribution in [0.5, 0.6) is 0 Å². The zero-order valence-electron chi connectivity index (χ0n) is 10.4. The van der Waals surface area contributed by atoms with E-state index in [1.807, 2.05) is 12.1 Å². The first kappa shape index (κ1) is 11.0. The van der Waals surface area contributed by atoms with Crippen LogP contribution < -0.4 is 11.1 Å². The van der Waals surface area contributed by atoms with Crippen LogP contribution in [-0.4, -0.2) is 16.0 Å². The fourth-order valence-electron chi connectivity index (χ4n) is 1.87. The van der Waals surface area contributed by atoms with Crippen molar-refractivity contribution in [3.63, 3.8) is 0 Å². The Kier molecular flexibility index (Phi) is 2.63. The number of nitrogens with one attached hydrogen (secondary N) is 1. The maximum atomic E-state index is 6.14. The molecule has 3 N–H and O–H groups in total. The van der Waals surface area contributed by atoms with Crippen molar-refractivity contribution < 1.29 is 0 Å². The lowest BCUT2D eigenvalue weighted by Gasteiger charge is -2.10. The Labute approximate surface area is 106 Å². The maximum Gasteiger partial charge on any atom is 0.153 e. The average Bonchev–Trinajstić information content (AvgIpc) is 3.17. The lowest BCUT2D eigenvalue weighted by molar-refractivity contribution is 1.09. The molecule has 18 heavy (non-hydrogen) atoms. The first-order chi connectivity index (χ1) is 8.74. The highest BCUT2D eigenvalue weighted by Gasteiger charge is 2.23. The summed E-state index contributed by atoms with van der Waals surface area (Å²) in [7, 11) is 0. The molecule has 0 bridgehead atoms. The van der Waals surface area contributed by atoms with Gasteiger partial charge in [-0.3, -0.25) is 0 Å². The van der Waals surface area contributed by atoms with Gasteiger partial charge in [0, 0.05) is 11.6 Å². The molecule has 1 heterocycles. The largest absolute Gasteiger partial charge is 0.394 e. The predicted octanol–water partition coefficient (Wildman–Crippen LogP) is 2.61. The van der Waals surface area contributed by atoms with Gasteiger partial charge in [0.15, 0.2) is 5.82 Å². The van der Waals surface area contributed by atoms with Crippen LogP contribution in [0.3, 0.4) is 0 Å². The van der Waals surface area contributed by atoms with Crippen molar-refractivity contribution in [3.8, 4) is 11.3 Å². The number of hydrogen-bond acceptors (Lipinski definition) is 4. The highest BCUT2D eigenvalue weighted by Crippen LogP contribution is 2.31. The summed E-state index contributed by atoms with van der Waals surface area (Å²) in [4.78, 5) is 8.51. The summed E-state index contributed by atoms with van der Waals surface area (Å²) in [5.41, 5.74) is 9.83. The third kappa shape index (κ3) is 2.14. The molecule has 4 nitrogen and oxygen atoms in total. The van der Waals surface area contributed by atoms with Gasteiger partial charge < -0.3 is 11.1 Å². The number of hydrogen-bond donors (Lipinski definition) is 2. The van der Waals surface area contributed by atoms with E-state index in [9.17, 15) is 0 Å². The van der Waals surface area contributed by atoms with Crippen molar-refractivity contribution in [2.45, 2.75) is 25.8 Å². The summed E-state index contributed by atoms with van der Waals surface area (Å²) < 4.78 is 0. The Hall–Kier alpha value is -2.10. The topological polar surface area (TPSA) is 63.8 Å². The van der Waals surface area contributed by atoms with Gasteiger partial charge in [0.1, 0.15) is 12.0 Å². The standard InChI is InChI=1S/C14H16N4/c1-9-2-4-10(5-3-9)13-12(15)14(17-8-16-13)18-11-6-7-11/h2-5,8,11H,6-7,15H2,1H3,(H,16,17,18). The summed E-state index contributed by atoms with van der Waals surface area (Å²) in [6, 6.07) is 8.73. The molecule has 0 amide bonds. The molecule has 1 aromatic carbocycles. The lowest BCUT2D eigenvalue weighted by Crippen LogP contribution is -2.08. The van der Waals surface area contributed by atoms with Gasteiger partial charge in [0.2, 0.25) is 0 Å². The van der Waals surface area contributed by atoms with E-state index >= 15 is 0 Å². The zero-order chi connectivity index (χ0) is 12.5. The van der Waals surface area contributed by atoms with E-state index < -0.39 is 0 Å². The molecule has 0 spiro atoms. The van der Waals surface area contributed by atoms with Crippen LogP contribution in [0.15, 0.2) is 30.6 Å². The Morgan fingerprint density at radius 3 is 2.56 bits per heavy atom. The molecule has 4 heteroatoms. The van der Waals surface area contributed by atoms with Crippen molar-refractivity contribution in [1.82, 2.24) is 9.97 Å². The molecule has 2 aromatic rings. The maximum absolute atomic E-state index is 6.14. The first-order valence-electron chi connectivity index (χ1n) is 6.18. The second kappa shape index (κ2) is 4.29. The highest BCUT2D eigenvalue weighted by atomic mass is 15.1. The second-order valence-electron chi connectivity index (χ2n) is 4.77. The van der Waals surface area contributed by atoms with Crippen LogP contribution in [0, 0.1) is 6.92 Å². The molecular formula is C14H16N4. The number of benzene rings is 1. The van der Waals surface area contributed by atoms with Gasteiger partial charge >= 0.3 is 0 Å². The van der Waals surface area contributed by atoms with E-state index in [0.29, 0.717) is 11.7 Å². The van der Waals surface area contributed by atoms with Crippen molar-refractivity contribution in [2.24, 2.45) is 0 Å². The molecule has 92 valence electrons. The molecule has 1 aliphatic carbocycles. The van der Waals surface area contributed by atoms with Crippen LogP contribution in [0.4, 0.5) is 11.5 Å². The van der Waals surface area contributed by atoms with Gasteiger partial charge in [-0.1, -0.05) is 29.8 Å². The van der Waals surface area contributed by atoms with Gasteiger partial charge in [-0.15, -0.1) is 0 Å². The van der Waals surface area contributed by atoms with Crippen LogP contribution >= 0.6 is 0 Å². The van der Waals surface area contributed by atoms with E-state index in [4.69, 9.17) is 5.73 Å². The summed E-state index contributed by atoms with van der Waals surface area (Å²) >= 11 is 0. The van der Waals surface area contributed by atoms with Crippen molar-refractivity contribution >= 4 is 11.5 Å². The van der Waals surface area contributed by atoms with Gasteiger partial charge in [0.05, 0.1) is 5.69 Å². The molecule has 1 aliphatic rings. The van der Waals surface area contributed by atoms with Gasteiger partial charge in [-0.05, 0) is 19.8 Å². The molecule has 3 rings (SSSR count). The van der Waals surface area contributed by atoms with E-state index in [1.54, 1.807) is 6.33 Å². The van der Waals surface area contributed by atoms with Gasteiger partial charge in [-0.2, -0.15) is 0 Å². The van der Waals surface area contributed by atoms with E-state index in [-0.39, 0.29) is 0 Å². The Balaban J connectivity index is 1.97. The lowest BCUT2D eigenvalue weighted by atomic mass is 10.1. The van der Waals surface area contributed by atoms with Crippen LogP contribution in [-0.2, 0) is 0 Å². The molecule has 1 fully saturated rings. The Morgan fingerprint density at radius 2 is 1.89 bits per heavy atom. The van der Waals surface area contributed by atoms with Gasteiger partial charge in [0.25, 0.3) is 0 Å². The molecule has 0 unspecified atom stereocenters. The molecule has 0 atom stereocenters. The minimum absolute atomic E-state index is 0.535. The Bertz CT molecular complexity index is 559. The summed E-state index contributed by atoms with van der Waals surface area (Å²) in [5.74, 6) is 0.753. The summed E-state index contributed by atoms with van der Waals surface area (Å²) in [6.45, 7) is 2.06. The molecule has 0 radical (unpaired) electrons. The minimum Gasteiger partial charge on any atom is -0.394 e. The fourth-order valence-corrected chi connectivity index (χ4v) is 1.87. The number of aromatic nitrogens is 2. The summed E-state index contributed by atoms with van der Waals surface area (Å²) in [6.07, 6.45) is 3.96. The normalized spacial score (nSPS) is 14.5. The molecule has 0 aliphatic heterocycles. The molecule has 1 aromatic heterocycles. The van der Waals surface area contributed by atoms with E-state index in [0.717, 1.165) is 17.1 Å². The SMILES string of the molecule is Cc1ccc(-c2ncnc(NC3CC3)c2N)cc1. The highest BCUT2D eigenvalue weighted by molar-refractivity contribution is 5.80. The van der Waals surface area contributed by atoms with E-state index in [2.05, 4.69) is 34.3 Å². The second-order valence-corrected chi connectivity index (χ2v) is 4.77.